The van der Waals surface area contributed by atoms with E-state index in [0.717, 1.165) is 22.8 Å². The van der Waals surface area contributed by atoms with Crippen LogP contribution in [0.4, 0.5) is 4.39 Å². The Bertz CT molecular complexity index is 1560. The average molecular weight is 619 g/mol. The molecule has 1 fully saturated rings. The summed E-state index contributed by atoms with van der Waals surface area (Å²) in [6.45, 7) is 12.8. The molecule has 2 aliphatic heterocycles. The molecule has 0 saturated carbocycles. The van der Waals surface area contributed by atoms with Gasteiger partial charge in [0.25, 0.3) is 5.91 Å². The Kier molecular flexibility index (Phi) is 8.97. The molecular formula is C36H43FN2O6. The third-order valence-electron chi connectivity index (χ3n) is 8.88. The van der Waals surface area contributed by atoms with Gasteiger partial charge in [0.05, 0.1) is 25.3 Å². The van der Waals surface area contributed by atoms with Crippen molar-refractivity contribution < 1.29 is 33.3 Å². The van der Waals surface area contributed by atoms with E-state index in [9.17, 15) is 19.1 Å². The number of nitrogens with zero attached hydrogens (tertiary/aromatic N) is 1. The lowest BCUT2D eigenvalue weighted by atomic mass is 9.72. The minimum absolute atomic E-state index is 0.0201. The van der Waals surface area contributed by atoms with Crippen molar-refractivity contribution in [2.75, 3.05) is 13.9 Å². The fourth-order valence-corrected chi connectivity index (χ4v) is 6.80. The summed E-state index contributed by atoms with van der Waals surface area (Å²) in [6.07, 6.45) is 0. The predicted octanol–water partition coefficient (Wildman–Crippen LogP) is 6.47. The van der Waals surface area contributed by atoms with E-state index in [2.05, 4.69) is 38.2 Å². The van der Waals surface area contributed by atoms with E-state index in [1.165, 1.54) is 11.0 Å². The van der Waals surface area contributed by atoms with Crippen LogP contribution in [0.5, 0.6) is 11.5 Å². The molecule has 2 aliphatic rings. The average Bonchev–Trinajstić information content (AvgIpc) is 3.35. The van der Waals surface area contributed by atoms with Crippen LogP contribution >= 0.6 is 0 Å². The minimum Gasteiger partial charge on any atom is -0.496 e. The number of nitrogens with one attached hydrogen (secondary N) is 1. The van der Waals surface area contributed by atoms with Gasteiger partial charge in [-0.25, -0.2) is 9.18 Å². The van der Waals surface area contributed by atoms with E-state index in [4.69, 9.17) is 14.2 Å². The summed E-state index contributed by atoms with van der Waals surface area (Å²) >= 11 is 0. The number of carboxylic acids is 1. The highest BCUT2D eigenvalue weighted by molar-refractivity contribution is 6.00. The van der Waals surface area contributed by atoms with Crippen LogP contribution in [0.2, 0.25) is 0 Å². The molecule has 45 heavy (non-hydrogen) atoms. The van der Waals surface area contributed by atoms with Crippen molar-refractivity contribution in [1.82, 2.24) is 10.2 Å². The second kappa shape index (κ2) is 12.4. The number of methoxy groups -OCH3 is 1. The molecular weight excluding hydrogens is 575 g/mol. The number of hydrogen-bond acceptors (Lipinski definition) is 6. The molecule has 2 N–H and O–H groups in total. The van der Waals surface area contributed by atoms with Crippen molar-refractivity contribution in [2.24, 2.45) is 11.3 Å². The Hall–Kier alpha value is -3.95. The van der Waals surface area contributed by atoms with Gasteiger partial charge in [0.1, 0.15) is 23.4 Å². The Balaban J connectivity index is 1.66. The van der Waals surface area contributed by atoms with Crippen molar-refractivity contribution >= 4 is 11.9 Å². The van der Waals surface area contributed by atoms with Gasteiger partial charge in [0, 0.05) is 29.6 Å². The molecule has 1 amide bonds. The third-order valence-corrected chi connectivity index (χ3v) is 8.88. The lowest BCUT2D eigenvalue weighted by Gasteiger charge is -2.35. The number of hydrogen-bond donors (Lipinski definition) is 2. The zero-order valence-electron chi connectivity index (χ0n) is 27.0. The minimum atomic E-state index is -1.22. The highest BCUT2D eigenvalue weighted by Gasteiger charge is 2.58. The van der Waals surface area contributed by atoms with Gasteiger partial charge in [-0.15, -0.1) is 0 Å². The maximum atomic E-state index is 14.9. The zero-order chi connectivity index (χ0) is 32.7. The number of carbonyl (C=O) groups is 2. The molecule has 3 aromatic rings. The third kappa shape index (κ3) is 6.42. The van der Waals surface area contributed by atoms with Gasteiger partial charge in [-0.3, -0.25) is 4.79 Å². The van der Waals surface area contributed by atoms with Crippen molar-refractivity contribution in [3.8, 4) is 11.5 Å². The number of ether oxygens (including phenoxy) is 3. The van der Waals surface area contributed by atoms with Crippen LogP contribution < -0.4 is 14.8 Å². The van der Waals surface area contributed by atoms with Crippen LogP contribution in [0, 0.1) is 17.2 Å². The van der Waals surface area contributed by atoms with E-state index in [-0.39, 0.29) is 30.1 Å². The normalized spacial score (nSPS) is 21.6. The Morgan fingerprint density at radius 1 is 1.04 bits per heavy atom. The Labute approximate surface area is 264 Å². The van der Waals surface area contributed by atoms with Gasteiger partial charge in [-0.2, -0.15) is 0 Å². The van der Waals surface area contributed by atoms with Crippen LogP contribution in [0.25, 0.3) is 0 Å². The SMILES string of the molecule is COc1ccc(C(C)(C)C)cc1CN[C@H]1[C@H](C(C)(C)C)[C@@H](C(=O)O)N(C(=O)c2cc(F)cc3c2OCOC3)[C@H]1c1ccccc1. The van der Waals surface area contributed by atoms with Crippen molar-refractivity contribution in [3.05, 3.63) is 94.3 Å². The second-order valence-electron chi connectivity index (χ2n) is 14.0. The maximum absolute atomic E-state index is 14.9. The van der Waals surface area contributed by atoms with Crippen molar-refractivity contribution in [1.29, 1.82) is 0 Å². The van der Waals surface area contributed by atoms with E-state index < -0.39 is 47.2 Å². The largest absolute Gasteiger partial charge is 0.496 e. The molecule has 0 spiro atoms. The number of rotatable bonds is 7. The van der Waals surface area contributed by atoms with Crippen LogP contribution in [0.3, 0.4) is 0 Å². The first-order chi connectivity index (χ1) is 21.2. The van der Waals surface area contributed by atoms with E-state index >= 15 is 0 Å². The predicted molar refractivity (Wildman–Crippen MR) is 169 cm³/mol. The highest BCUT2D eigenvalue weighted by atomic mass is 19.1. The summed E-state index contributed by atoms with van der Waals surface area (Å²) in [7, 11) is 1.63. The molecule has 2 heterocycles. The number of amides is 1. The van der Waals surface area contributed by atoms with Crippen molar-refractivity contribution in [3.63, 3.8) is 0 Å². The molecule has 0 radical (unpaired) electrons. The maximum Gasteiger partial charge on any atom is 0.326 e. The fourth-order valence-electron chi connectivity index (χ4n) is 6.80. The van der Waals surface area contributed by atoms with Gasteiger partial charge in [0.15, 0.2) is 6.79 Å². The topological polar surface area (TPSA) is 97.3 Å². The number of carbonyl (C=O) groups excluding carboxylic acids is 1. The highest BCUT2D eigenvalue weighted by Crippen LogP contribution is 2.49. The summed E-state index contributed by atoms with van der Waals surface area (Å²) in [5.74, 6) is -1.97. The molecule has 4 atom stereocenters. The standard InChI is InChI=1S/C36H43FN2O6/c1-35(2,3)24-13-14-27(43-7)22(15-24)18-38-29-28(36(4,5)6)31(34(41)42)39(30(29)21-11-9-8-10-12-21)33(40)26-17-25(37)16-23-19-44-20-45-32(23)26/h8-17,28-31,38H,18-20H2,1-7H3,(H,41,42)/t28-,29-,30-,31-/m0/s1. The van der Waals surface area contributed by atoms with Crippen LogP contribution in [0.15, 0.2) is 60.7 Å². The Morgan fingerprint density at radius 2 is 1.76 bits per heavy atom. The van der Waals surface area contributed by atoms with E-state index in [1.807, 2.05) is 57.2 Å². The molecule has 9 heteroatoms. The van der Waals surface area contributed by atoms with Gasteiger partial charge in [0.2, 0.25) is 0 Å². The molecule has 8 nitrogen and oxygen atoms in total. The molecule has 3 aromatic carbocycles. The van der Waals surface area contributed by atoms with Crippen LogP contribution in [0.1, 0.15) is 80.2 Å². The van der Waals surface area contributed by atoms with Gasteiger partial charge in [-0.05, 0) is 40.2 Å². The number of fused-ring (bicyclic) bond motifs is 1. The van der Waals surface area contributed by atoms with Gasteiger partial charge in [-0.1, -0.05) is 84.0 Å². The number of halogens is 1. The molecule has 0 aliphatic carbocycles. The van der Waals surface area contributed by atoms with Crippen LogP contribution in [-0.2, 0) is 28.1 Å². The summed E-state index contributed by atoms with van der Waals surface area (Å²) in [5.41, 5.74) is 2.57. The monoisotopic (exact) mass is 618 g/mol. The van der Waals surface area contributed by atoms with E-state index in [1.54, 1.807) is 7.11 Å². The first-order valence-electron chi connectivity index (χ1n) is 15.3. The second-order valence-corrected chi connectivity index (χ2v) is 14.0. The van der Waals surface area contributed by atoms with E-state index in [0.29, 0.717) is 17.9 Å². The molecule has 1 saturated heterocycles. The molecule has 240 valence electrons. The Morgan fingerprint density at radius 3 is 2.38 bits per heavy atom. The zero-order valence-corrected chi connectivity index (χ0v) is 27.0. The van der Waals surface area contributed by atoms with Crippen molar-refractivity contribution in [2.45, 2.75) is 78.2 Å². The molecule has 0 unspecified atom stereocenters. The first kappa shape index (κ1) is 32.4. The number of likely N-dealkylation sites (tertiary alicyclic amines) is 1. The number of aliphatic carboxylic acids is 1. The number of carboxylic acid groups (broad SMARTS) is 1. The summed E-state index contributed by atoms with van der Waals surface area (Å²) in [5, 5.41) is 14.5. The summed E-state index contributed by atoms with van der Waals surface area (Å²) in [4.78, 5) is 29.3. The molecule has 5 rings (SSSR count). The smallest absolute Gasteiger partial charge is 0.326 e. The summed E-state index contributed by atoms with van der Waals surface area (Å²) < 4.78 is 31.6. The molecule has 0 bridgehead atoms. The molecule has 0 aromatic heterocycles. The summed E-state index contributed by atoms with van der Waals surface area (Å²) in [6, 6.07) is 15.5. The van der Waals surface area contributed by atoms with Crippen LogP contribution in [-0.4, -0.2) is 47.9 Å². The fraction of sp³-hybridized carbons (Fsp3) is 0.444. The van der Waals surface area contributed by atoms with Gasteiger partial charge < -0.3 is 29.5 Å². The number of benzene rings is 3. The first-order valence-corrected chi connectivity index (χ1v) is 15.3. The quantitative estimate of drug-likeness (QED) is 0.313. The lowest BCUT2D eigenvalue weighted by Crippen LogP contribution is -2.48. The lowest BCUT2D eigenvalue weighted by molar-refractivity contribution is -0.144. The van der Waals surface area contributed by atoms with Gasteiger partial charge >= 0.3 is 5.97 Å².